The highest BCUT2D eigenvalue weighted by Crippen LogP contribution is 2.20. The number of ether oxygens (including phenoxy) is 1. The molecule has 0 radical (unpaired) electrons. The van der Waals surface area contributed by atoms with E-state index >= 15 is 0 Å². The van der Waals surface area contributed by atoms with Gasteiger partial charge in [0.1, 0.15) is 12.2 Å². The summed E-state index contributed by atoms with van der Waals surface area (Å²) in [5.74, 6) is 0.231. The zero-order valence-electron chi connectivity index (χ0n) is 13.7. The number of hydrogen-bond acceptors (Lipinski definition) is 5. The number of nitrogens with zero attached hydrogens (tertiary/aromatic N) is 4. The molecule has 1 saturated heterocycles. The van der Waals surface area contributed by atoms with Crippen molar-refractivity contribution >= 4 is 5.91 Å². The molecular weight excluding hydrogens is 304 g/mol. The van der Waals surface area contributed by atoms with Crippen LogP contribution in [0.3, 0.4) is 0 Å². The molecule has 1 amide bonds. The van der Waals surface area contributed by atoms with Crippen LogP contribution in [0.15, 0.2) is 30.6 Å². The summed E-state index contributed by atoms with van der Waals surface area (Å²) in [4.78, 5) is 22.4. The van der Waals surface area contributed by atoms with Gasteiger partial charge in [0.15, 0.2) is 0 Å². The number of carbonyl (C=O) groups excluding carboxylic acids is 1. The Morgan fingerprint density at radius 3 is 2.83 bits per heavy atom. The number of amides is 1. The van der Waals surface area contributed by atoms with Crippen LogP contribution in [-0.2, 0) is 0 Å². The highest BCUT2D eigenvalue weighted by atomic mass is 16.5. The molecule has 122 valence electrons. The standard InChI is InChI=1S/C18H18N4O2/c1-12-3-4-14(9-13(12)2)18(23)22-8-5-15(11-22)24-17-16(10-19)20-6-7-21-17/h3-4,6-7,9,15H,5,8,11H2,1-2H3. The summed E-state index contributed by atoms with van der Waals surface area (Å²) < 4.78 is 5.77. The van der Waals surface area contributed by atoms with Gasteiger partial charge in [-0.05, 0) is 37.1 Å². The lowest BCUT2D eigenvalue weighted by Gasteiger charge is -2.17. The quantitative estimate of drug-likeness (QED) is 0.866. The van der Waals surface area contributed by atoms with E-state index in [1.165, 1.54) is 18.0 Å². The second-order valence-electron chi connectivity index (χ2n) is 5.90. The van der Waals surface area contributed by atoms with E-state index in [2.05, 4.69) is 9.97 Å². The van der Waals surface area contributed by atoms with Crippen molar-refractivity contribution in [1.82, 2.24) is 14.9 Å². The van der Waals surface area contributed by atoms with Gasteiger partial charge in [0.2, 0.25) is 5.69 Å². The predicted molar refractivity (Wildman–Crippen MR) is 87.6 cm³/mol. The van der Waals surface area contributed by atoms with Crippen molar-refractivity contribution in [2.45, 2.75) is 26.4 Å². The molecule has 0 N–H and O–H groups in total. The molecule has 24 heavy (non-hydrogen) atoms. The van der Waals surface area contributed by atoms with Gasteiger partial charge in [0.25, 0.3) is 11.8 Å². The number of rotatable bonds is 3. The van der Waals surface area contributed by atoms with E-state index in [4.69, 9.17) is 10.00 Å². The average molecular weight is 322 g/mol. The van der Waals surface area contributed by atoms with Crippen LogP contribution >= 0.6 is 0 Å². The number of hydrogen-bond donors (Lipinski definition) is 0. The molecule has 6 heteroatoms. The van der Waals surface area contributed by atoms with E-state index in [9.17, 15) is 4.79 Å². The third-order valence-electron chi connectivity index (χ3n) is 4.23. The van der Waals surface area contributed by atoms with Crippen LogP contribution in [-0.4, -0.2) is 40.0 Å². The van der Waals surface area contributed by atoms with Crippen molar-refractivity contribution in [3.05, 3.63) is 53.0 Å². The molecule has 1 aliphatic rings. The van der Waals surface area contributed by atoms with Crippen LogP contribution in [0.2, 0.25) is 0 Å². The lowest BCUT2D eigenvalue weighted by Crippen LogP contribution is -2.31. The summed E-state index contributed by atoms with van der Waals surface area (Å²) in [6.07, 6.45) is 3.47. The third kappa shape index (κ3) is 3.20. The maximum absolute atomic E-state index is 12.6. The Labute approximate surface area is 140 Å². The fraction of sp³-hybridized carbons (Fsp3) is 0.333. The molecule has 0 bridgehead atoms. The number of likely N-dealkylation sites (tertiary alicyclic amines) is 1. The number of benzene rings is 1. The number of aryl methyl sites for hydroxylation is 2. The first-order chi connectivity index (χ1) is 11.6. The van der Waals surface area contributed by atoms with Gasteiger partial charge in [-0.2, -0.15) is 5.26 Å². The first-order valence-electron chi connectivity index (χ1n) is 7.83. The Balaban J connectivity index is 1.68. The molecule has 1 atom stereocenters. The lowest BCUT2D eigenvalue weighted by atomic mass is 10.1. The number of nitriles is 1. The van der Waals surface area contributed by atoms with Gasteiger partial charge in [-0.1, -0.05) is 6.07 Å². The summed E-state index contributed by atoms with van der Waals surface area (Å²) in [5, 5.41) is 9.03. The van der Waals surface area contributed by atoms with Gasteiger partial charge in [-0.3, -0.25) is 4.79 Å². The van der Waals surface area contributed by atoms with Gasteiger partial charge in [0.05, 0.1) is 6.54 Å². The molecule has 6 nitrogen and oxygen atoms in total. The molecule has 1 fully saturated rings. The maximum Gasteiger partial charge on any atom is 0.253 e. The zero-order valence-corrected chi connectivity index (χ0v) is 13.7. The van der Waals surface area contributed by atoms with Crippen molar-refractivity contribution in [2.75, 3.05) is 13.1 Å². The summed E-state index contributed by atoms with van der Waals surface area (Å²) in [6, 6.07) is 7.70. The molecule has 1 aromatic carbocycles. The number of aromatic nitrogens is 2. The second kappa shape index (κ2) is 6.67. The molecule has 3 rings (SSSR count). The predicted octanol–water partition coefficient (Wildman–Crippen LogP) is 2.26. The van der Waals surface area contributed by atoms with E-state index in [0.29, 0.717) is 25.1 Å². The van der Waals surface area contributed by atoms with Gasteiger partial charge < -0.3 is 9.64 Å². The Bertz CT molecular complexity index is 813. The molecule has 1 unspecified atom stereocenters. The summed E-state index contributed by atoms with van der Waals surface area (Å²) in [7, 11) is 0. The molecule has 0 aliphatic carbocycles. The molecule has 1 aromatic heterocycles. The first kappa shape index (κ1) is 15.9. The van der Waals surface area contributed by atoms with Crippen molar-refractivity contribution < 1.29 is 9.53 Å². The summed E-state index contributed by atoms with van der Waals surface area (Å²) in [5.41, 5.74) is 3.12. The molecule has 2 heterocycles. The van der Waals surface area contributed by atoms with Crippen LogP contribution in [0.4, 0.5) is 0 Å². The van der Waals surface area contributed by atoms with Crippen molar-refractivity contribution in [3.63, 3.8) is 0 Å². The van der Waals surface area contributed by atoms with Crippen LogP contribution in [0.5, 0.6) is 5.88 Å². The smallest absolute Gasteiger partial charge is 0.253 e. The topological polar surface area (TPSA) is 79.1 Å². The van der Waals surface area contributed by atoms with Gasteiger partial charge >= 0.3 is 0 Å². The lowest BCUT2D eigenvalue weighted by molar-refractivity contribution is 0.0771. The average Bonchev–Trinajstić information content (AvgIpc) is 3.05. The van der Waals surface area contributed by atoms with Crippen molar-refractivity contribution in [3.8, 4) is 11.9 Å². The molecule has 0 saturated carbocycles. The van der Waals surface area contributed by atoms with Crippen LogP contribution < -0.4 is 4.74 Å². The van der Waals surface area contributed by atoms with Gasteiger partial charge in [0, 0.05) is 30.9 Å². The van der Waals surface area contributed by atoms with Crippen LogP contribution in [0.1, 0.15) is 33.6 Å². The van der Waals surface area contributed by atoms with Crippen LogP contribution in [0.25, 0.3) is 0 Å². The van der Waals surface area contributed by atoms with Crippen LogP contribution in [0, 0.1) is 25.2 Å². The molecule has 0 spiro atoms. The highest BCUT2D eigenvalue weighted by Gasteiger charge is 2.29. The van der Waals surface area contributed by atoms with E-state index in [0.717, 1.165) is 5.56 Å². The fourth-order valence-electron chi connectivity index (χ4n) is 2.71. The number of carbonyl (C=O) groups is 1. The first-order valence-corrected chi connectivity index (χ1v) is 7.83. The summed E-state index contributed by atoms with van der Waals surface area (Å²) >= 11 is 0. The minimum absolute atomic E-state index is 0.00357. The summed E-state index contributed by atoms with van der Waals surface area (Å²) in [6.45, 7) is 5.13. The Kier molecular flexibility index (Phi) is 4.43. The van der Waals surface area contributed by atoms with E-state index in [1.807, 2.05) is 38.1 Å². The van der Waals surface area contributed by atoms with E-state index < -0.39 is 0 Å². The normalized spacial score (nSPS) is 16.7. The Morgan fingerprint density at radius 1 is 1.29 bits per heavy atom. The highest BCUT2D eigenvalue weighted by molar-refractivity contribution is 5.94. The second-order valence-corrected chi connectivity index (χ2v) is 5.90. The minimum Gasteiger partial charge on any atom is -0.470 e. The van der Waals surface area contributed by atoms with Gasteiger partial charge in [-0.15, -0.1) is 0 Å². The zero-order chi connectivity index (χ0) is 17.1. The molecular formula is C18H18N4O2. The third-order valence-corrected chi connectivity index (χ3v) is 4.23. The SMILES string of the molecule is Cc1ccc(C(=O)N2CCC(Oc3nccnc3C#N)C2)cc1C. The fourth-order valence-corrected chi connectivity index (χ4v) is 2.71. The van der Waals surface area contributed by atoms with E-state index in [1.54, 1.807) is 4.90 Å². The maximum atomic E-state index is 12.6. The van der Waals surface area contributed by atoms with E-state index in [-0.39, 0.29) is 23.6 Å². The van der Waals surface area contributed by atoms with Gasteiger partial charge in [-0.25, -0.2) is 9.97 Å². The minimum atomic E-state index is -0.177. The van der Waals surface area contributed by atoms with Crippen molar-refractivity contribution in [1.29, 1.82) is 5.26 Å². The van der Waals surface area contributed by atoms with Crippen molar-refractivity contribution in [2.24, 2.45) is 0 Å². The Morgan fingerprint density at radius 2 is 2.08 bits per heavy atom. The molecule has 1 aliphatic heterocycles. The largest absolute Gasteiger partial charge is 0.470 e. The molecule has 2 aromatic rings. The monoisotopic (exact) mass is 322 g/mol. The Hall–Kier alpha value is -2.94.